The monoisotopic (exact) mass is 326 g/mol. The number of sulfonamides is 2. The lowest BCUT2D eigenvalue weighted by Crippen LogP contribution is -2.41. The van der Waals surface area contributed by atoms with E-state index in [1.165, 1.54) is 36.4 Å². The van der Waals surface area contributed by atoms with Gasteiger partial charge in [-0.25, -0.2) is 16.8 Å². The van der Waals surface area contributed by atoms with E-state index in [9.17, 15) is 16.8 Å². The minimum absolute atomic E-state index is 0.0383. The fourth-order valence-corrected chi connectivity index (χ4v) is 4.21. The molecule has 1 heterocycles. The number of hydrazine groups is 1. The Morgan fingerprint density at radius 2 is 1.05 bits per heavy atom. The zero-order chi connectivity index (χ0) is 15.1. The topological polar surface area (TPSA) is 102 Å². The molecule has 2 aromatic carbocycles. The summed E-state index contributed by atoms with van der Waals surface area (Å²) >= 11 is 0. The molecular weight excluding hydrogens is 316 g/mol. The minimum atomic E-state index is -4.08. The van der Waals surface area contributed by atoms with Gasteiger partial charge in [0, 0.05) is 0 Å². The second-order valence-corrected chi connectivity index (χ2v) is 7.51. The second kappa shape index (κ2) is 4.81. The Kier molecular flexibility index (Phi) is 3.21. The minimum Gasteiger partial charge on any atom is -0.455 e. The number of hydrogen-bond donors (Lipinski definition) is 2. The van der Waals surface area contributed by atoms with E-state index in [0.29, 0.717) is 0 Å². The van der Waals surface area contributed by atoms with Gasteiger partial charge in [0.2, 0.25) is 0 Å². The third-order valence-electron chi connectivity index (χ3n) is 2.81. The highest BCUT2D eigenvalue weighted by molar-refractivity contribution is 7.92. The fourth-order valence-electron chi connectivity index (χ4n) is 1.85. The molecule has 0 spiro atoms. The summed E-state index contributed by atoms with van der Waals surface area (Å²) in [5.74, 6) is 0.0766. The van der Waals surface area contributed by atoms with Crippen LogP contribution >= 0.6 is 0 Å². The first-order valence-corrected chi connectivity index (χ1v) is 8.76. The molecule has 0 aromatic heterocycles. The highest BCUT2D eigenvalue weighted by Crippen LogP contribution is 2.33. The van der Waals surface area contributed by atoms with Crippen molar-refractivity contribution in [1.82, 2.24) is 9.66 Å². The Labute approximate surface area is 121 Å². The van der Waals surface area contributed by atoms with Crippen LogP contribution in [0.25, 0.3) is 0 Å². The summed E-state index contributed by atoms with van der Waals surface area (Å²) in [6.07, 6.45) is 0. The molecule has 0 atom stereocenters. The lowest BCUT2D eigenvalue weighted by atomic mass is 10.3. The number of hydrogen-bond acceptors (Lipinski definition) is 5. The largest absolute Gasteiger partial charge is 0.455 e. The first-order chi connectivity index (χ1) is 9.90. The van der Waals surface area contributed by atoms with Crippen LogP contribution in [0.1, 0.15) is 0 Å². The molecule has 0 saturated heterocycles. The van der Waals surface area contributed by atoms with E-state index in [0.717, 1.165) is 0 Å². The van der Waals surface area contributed by atoms with Gasteiger partial charge >= 0.3 is 0 Å². The van der Waals surface area contributed by atoms with Crippen molar-refractivity contribution in [3.05, 3.63) is 48.5 Å². The normalized spacial score (nSPS) is 19.0. The fraction of sp³-hybridized carbons (Fsp3) is 0. The molecule has 7 nitrogen and oxygen atoms in total. The molecule has 0 fully saturated rings. The van der Waals surface area contributed by atoms with Crippen molar-refractivity contribution in [2.45, 2.75) is 9.79 Å². The zero-order valence-corrected chi connectivity index (χ0v) is 12.1. The SMILES string of the molecule is O=S1(=O)NNS(=O)(=O)c2ccccc2Oc2ccccc21. The Bertz CT molecular complexity index is 831. The number of ether oxygens (including phenoxy) is 1. The van der Waals surface area contributed by atoms with Crippen molar-refractivity contribution in [2.75, 3.05) is 0 Å². The molecule has 0 unspecified atom stereocenters. The first-order valence-electron chi connectivity index (χ1n) is 5.80. The first kappa shape index (κ1) is 14.0. The van der Waals surface area contributed by atoms with Crippen LogP contribution in [0.4, 0.5) is 0 Å². The van der Waals surface area contributed by atoms with E-state index in [1.54, 1.807) is 12.1 Å². The highest BCUT2D eigenvalue weighted by Gasteiger charge is 2.28. The van der Waals surface area contributed by atoms with Gasteiger partial charge in [-0.1, -0.05) is 24.3 Å². The van der Waals surface area contributed by atoms with Gasteiger partial charge in [-0.05, 0) is 24.3 Å². The van der Waals surface area contributed by atoms with Crippen molar-refractivity contribution in [1.29, 1.82) is 0 Å². The molecule has 1 aliphatic heterocycles. The Morgan fingerprint density at radius 1 is 0.667 bits per heavy atom. The van der Waals surface area contributed by atoms with E-state index < -0.39 is 20.0 Å². The van der Waals surface area contributed by atoms with Crippen LogP contribution in [-0.2, 0) is 20.0 Å². The number of fused-ring (bicyclic) bond motifs is 2. The number of rotatable bonds is 0. The van der Waals surface area contributed by atoms with E-state index >= 15 is 0 Å². The van der Waals surface area contributed by atoms with Crippen LogP contribution in [0.3, 0.4) is 0 Å². The molecule has 0 radical (unpaired) electrons. The van der Waals surface area contributed by atoms with Gasteiger partial charge in [0.05, 0.1) is 0 Å². The Balaban J connectivity index is 2.29. The number of benzene rings is 2. The second-order valence-electron chi connectivity index (χ2n) is 4.21. The molecule has 2 aromatic rings. The third kappa shape index (κ3) is 2.51. The molecule has 0 saturated carbocycles. The van der Waals surface area contributed by atoms with Gasteiger partial charge < -0.3 is 4.74 Å². The predicted octanol–water partition coefficient (Wildman–Crippen LogP) is 0.964. The summed E-state index contributed by atoms with van der Waals surface area (Å²) < 4.78 is 54.0. The van der Waals surface area contributed by atoms with E-state index in [1.807, 2.05) is 9.66 Å². The standard InChI is InChI=1S/C12H10N2O5S2/c15-20(16)11-7-3-1-5-9(11)19-10-6-2-4-8-12(10)21(17,18)14-13-20/h1-8,13-14H. The zero-order valence-electron chi connectivity index (χ0n) is 10.5. The van der Waals surface area contributed by atoms with Crippen LogP contribution < -0.4 is 14.4 Å². The third-order valence-corrected chi connectivity index (χ3v) is 5.51. The smallest absolute Gasteiger partial charge is 0.257 e. The molecule has 0 aliphatic carbocycles. The average Bonchev–Trinajstić information content (AvgIpc) is 2.48. The summed E-state index contributed by atoms with van der Waals surface area (Å²) in [4.78, 5) is 3.36. The van der Waals surface area contributed by atoms with Crippen LogP contribution in [0.2, 0.25) is 0 Å². The van der Waals surface area contributed by atoms with Crippen molar-refractivity contribution >= 4 is 20.0 Å². The van der Waals surface area contributed by atoms with Crippen LogP contribution in [0, 0.1) is 0 Å². The van der Waals surface area contributed by atoms with Gasteiger partial charge in [0.1, 0.15) is 21.3 Å². The summed E-state index contributed by atoms with van der Waals surface area (Å²) in [7, 11) is -8.16. The van der Waals surface area contributed by atoms with E-state index in [-0.39, 0.29) is 21.3 Å². The van der Waals surface area contributed by atoms with Gasteiger partial charge in [-0.2, -0.15) is 0 Å². The maximum atomic E-state index is 12.1. The van der Waals surface area contributed by atoms with E-state index in [4.69, 9.17) is 4.74 Å². The quantitative estimate of drug-likeness (QED) is 0.751. The molecule has 21 heavy (non-hydrogen) atoms. The molecule has 9 heteroatoms. The maximum Gasteiger partial charge on any atom is 0.257 e. The Hall–Kier alpha value is -1.94. The highest BCUT2D eigenvalue weighted by atomic mass is 32.2. The average molecular weight is 326 g/mol. The van der Waals surface area contributed by atoms with Crippen LogP contribution in [0.15, 0.2) is 58.3 Å². The lowest BCUT2D eigenvalue weighted by molar-refractivity contribution is 0.454. The molecule has 3 rings (SSSR count). The van der Waals surface area contributed by atoms with E-state index in [2.05, 4.69) is 0 Å². The van der Waals surface area contributed by atoms with Crippen molar-refractivity contribution < 1.29 is 21.6 Å². The number of para-hydroxylation sites is 2. The summed E-state index contributed by atoms with van der Waals surface area (Å²) in [5, 5.41) is 0. The van der Waals surface area contributed by atoms with Crippen molar-refractivity contribution in [2.24, 2.45) is 0 Å². The van der Waals surface area contributed by atoms with Crippen molar-refractivity contribution in [3.63, 3.8) is 0 Å². The molecule has 1 aliphatic rings. The molecular formula is C12H10N2O5S2. The Morgan fingerprint density at radius 3 is 1.48 bits per heavy atom. The predicted molar refractivity (Wildman–Crippen MR) is 73.6 cm³/mol. The van der Waals surface area contributed by atoms with Crippen LogP contribution in [-0.4, -0.2) is 16.8 Å². The molecule has 0 bridgehead atoms. The molecule has 0 amide bonds. The number of nitrogens with one attached hydrogen (secondary N) is 2. The van der Waals surface area contributed by atoms with Gasteiger partial charge in [0.15, 0.2) is 0 Å². The van der Waals surface area contributed by atoms with Gasteiger partial charge in [-0.15, -0.1) is 9.66 Å². The lowest BCUT2D eigenvalue weighted by Gasteiger charge is -2.10. The summed E-state index contributed by atoms with van der Waals surface area (Å²) in [5.41, 5.74) is 0. The summed E-state index contributed by atoms with van der Waals surface area (Å²) in [6, 6.07) is 11.7. The molecule has 2 N–H and O–H groups in total. The van der Waals surface area contributed by atoms with Crippen molar-refractivity contribution in [3.8, 4) is 11.5 Å². The molecule has 110 valence electrons. The maximum absolute atomic E-state index is 12.1. The van der Waals surface area contributed by atoms with Gasteiger partial charge in [0.25, 0.3) is 20.0 Å². The van der Waals surface area contributed by atoms with Gasteiger partial charge in [-0.3, -0.25) is 0 Å². The summed E-state index contributed by atoms with van der Waals surface area (Å²) in [6.45, 7) is 0. The van der Waals surface area contributed by atoms with Crippen LogP contribution in [0.5, 0.6) is 11.5 Å².